The van der Waals surface area contributed by atoms with Crippen LogP contribution >= 0.6 is 0 Å². The minimum Gasteiger partial charge on any atom is -0.497 e. The van der Waals surface area contributed by atoms with Crippen molar-refractivity contribution in [1.29, 1.82) is 5.26 Å². The number of benzene rings is 2. The second kappa shape index (κ2) is 5.10. The molecule has 1 N–H and O–H groups in total. The molecule has 0 amide bonds. The van der Waals surface area contributed by atoms with Crippen molar-refractivity contribution >= 4 is 10.9 Å². The standard InChI is InChI=1S/C17H14N2O/c1-20-14-8-6-12(7-9-14)15(11-18)17-10-13-4-2-3-5-16(13)19-17/h2-10,15,19H,1H3. The first-order chi connectivity index (χ1) is 9.81. The Morgan fingerprint density at radius 3 is 2.50 bits per heavy atom. The van der Waals surface area contributed by atoms with Gasteiger partial charge in [0, 0.05) is 11.2 Å². The molecule has 2 aromatic carbocycles. The van der Waals surface area contributed by atoms with Crippen LogP contribution in [-0.4, -0.2) is 12.1 Å². The first-order valence-corrected chi connectivity index (χ1v) is 6.43. The van der Waals surface area contributed by atoms with Gasteiger partial charge in [0.1, 0.15) is 11.7 Å². The lowest BCUT2D eigenvalue weighted by atomic mass is 9.97. The number of hydrogen-bond acceptors (Lipinski definition) is 2. The number of fused-ring (bicyclic) bond motifs is 1. The van der Waals surface area contributed by atoms with E-state index in [2.05, 4.69) is 11.1 Å². The van der Waals surface area contributed by atoms with E-state index in [0.29, 0.717) is 0 Å². The van der Waals surface area contributed by atoms with Gasteiger partial charge in [-0.2, -0.15) is 5.26 Å². The van der Waals surface area contributed by atoms with Gasteiger partial charge in [0.15, 0.2) is 0 Å². The zero-order valence-corrected chi connectivity index (χ0v) is 11.1. The molecule has 1 unspecified atom stereocenters. The van der Waals surface area contributed by atoms with E-state index in [-0.39, 0.29) is 5.92 Å². The topological polar surface area (TPSA) is 48.8 Å². The third kappa shape index (κ3) is 2.12. The predicted molar refractivity (Wildman–Crippen MR) is 78.7 cm³/mol. The average molecular weight is 262 g/mol. The summed E-state index contributed by atoms with van der Waals surface area (Å²) in [5.41, 5.74) is 2.93. The fourth-order valence-corrected chi connectivity index (χ4v) is 2.37. The predicted octanol–water partition coefficient (Wildman–Crippen LogP) is 3.83. The summed E-state index contributed by atoms with van der Waals surface area (Å²) < 4.78 is 5.15. The van der Waals surface area contributed by atoms with E-state index in [0.717, 1.165) is 27.9 Å². The van der Waals surface area contributed by atoms with Gasteiger partial charge in [0.2, 0.25) is 0 Å². The van der Waals surface area contributed by atoms with Gasteiger partial charge in [0.25, 0.3) is 0 Å². The molecule has 98 valence electrons. The van der Waals surface area contributed by atoms with Crippen LogP contribution in [-0.2, 0) is 0 Å². The summed E-state index contributed by atoms with van der Waals surface area (Å²) in [5, 5.41) is 10.6. The Hall–Kier alpha value is -2.73. The maximum Gasteiger partial charge on any atom is 0.118 e. The van der Waals surface area contributed by atoms with Gasteiger partial charge in [-0.25, -0.2) is 0 Å². The molecule has 0 aliphatic carbocycles. The molecule has 3 aromatic rings. The van der Waals surface area contributed by atoms with Crippen LogP contribution in [0.5, 0.6) is 5.75 Å². The highest BCUT2D eigenvalue weighted by Gasteiger charge is 2.15. The molecule has 0 spiro atoms. The number of nitriles is 1. The van der Waals surface area contributed by atoms with E-state index in [1.807, 2.05) is 54.6 Å². The maximum atomic E-state index is 9.48. The number of aromatic nitrogens is 1. The van der Waals surface area contributed by atoms with Crippen LogP contribution in [0, 0.1) is 11.3 Å². The maximum absolute atomic E-state index is 9.48. The van der Waals surface area contributed by atoms with Crippen LogP contribution in [0.4, 0.5) is 0 Å². The summed E-state index contributed by atoms with van der Waals surface area (Å²) in [6.07, 6.45) is 0. The molecule has 1 atom stereocenters. The first kappa shape index (κ1) is 12.3. The molecule has 3 nitrogen and oxygen atoms in total. The fourth-order valence-electron chi connectivity index (χ4n) is 2.37. The molecule has 0 fully saturated rings. The number of rotatable bonds is 3. The summed E-state index contributed by atoms with van der Waals surface area (Å²) in [6, 6.07) is 20.0. The number of methoxy groups -OCH3 is 1. The quantitative estimate of drug-likeness (QED) is 0.779. The molecule has 0 aliphatic heterocycles. The summed E-state index contributed by atoms with van der Waals surface area (Å²) in [6.45, 7) is 0. The molecule has 3 rings (SSSR count). The number of nitrogens with one attached hydrogen (secondary N) is 1. The lowest BCUT2D eigenvalue weighted by Gasteiger charge is -2.08. The van der Waals surface area contributed by atoms with Gasteiger partial charge >= 0.3 is 0 Å². The lowest BCUT2D eigenvalue weighted by Crippen LogP contribution is -1.98. The van der Waals surface area contributed by atoms with Gasteiger partial charge in [-0.05, 0) is 35.2 Å². The minimum atomic E-state index is -0.298. The lowest BCUT2D eigenvalue weighted by molar-refractivity contribution is 0.414. The van der Waals surface area contributed by atoms with Gasteiger partial charge in [-0.1, -0.05) is 30.3 Å². The number of nitrogens with zero attached hydrogens (tertiary/aromatic N) is 1. The second-order valence-electron chi connectivity index (χ2n) is 4.65. The Morgan fingerprint density at radius 1 is 1.10 bits per heavy atom. The van der Waals surface area contributed by atoms with Crippen molar-refractivity contribution in [2.75, 3.05) is 7.11 Å². The molecule has 0 saturated heterocycles. The second-order valence-corrected chi connectivity index (χ2v) is 4.65. The van der Waals surface area contributed by atoms with Crippen molar-refractivity contribution in [2.24, 2.45) is 0 Å². The largest absolute Gasteiger partial charge is 0.497 e. The van der Waals surface area contributed by atoms with E-state index >= 15 is 0 Å². The van der Waals surface area contributed by atoms with Crippen molar-refractivity contribution in [3.05, 3.63) is 65.9 Å². The van der Waals surface area contributed by atoms with E-state index in [1.165, 1.54) is 0 Å². The van der Waals surface area contributed by atoms with Crippen LogP contribution in [0.15, 0.2) is 54.6 Å². The molecule has 1 aromatic heterocycles. The smallest absolute Gasteiger partial charge is 0.118 e. The minimum absolute atomic E-state index is 0.298. The summed E-state index contributed by atoms with van der Waals surface area (Å²) >= 11 is 0. The number of ether oxygens (including phenoxy) is 1. The molecule has 20 heavy (non-hydrogen) atoms. The average Bonchev–Trinajstić information content (AvgIpc) is 2.92. The number of hydrogen-bond donors (Lipinski definition) is 1. The van der Waals surface area contributed by atoms with Crippen LogP contribution in [0.25, 0.3) is 10.9 Å². The Bertz CT molecular complexity index is 733. The number of H-pyrrole nitrogens is 1. The number of aromatic amines is 1. The van der Waals surface area contributed by atoms with Gasteiger partial charge in [0.05, 0.1) is 13.2 Å². The normalized spacial score (nSPS) is 12.0. The fraction of sp³-hybridized carbons (Fsp3) is 0.118. The Morgan fingerprint density at radius 2 is 1.85 bits per heavy atom. The third-order valence-corrected chi connectivity index (χ3v) is 3.44. The van der Waals surface area contributed by atoms with E-state index in [9.17, 15) is 5.26 Å². The number of para-hydroxylation sites is 1. The van der Waals surface area contributed by atoms with Crippen molar-refractivity contribution in [3.63, 3.8) is 0 Å². The van der Waals surface area contributed by atoms with Gasteiger partial charge < -0.3 is 9.72 Å². The molecule has 0 aliphatic rings. The van der Waals surface area contributed by atoms with Crippen molar-refractivity contribution < 1.29 is 4.74 Å². The Labute approximate surface area is 117 Å². The molecular weight excluding hydrogens is 248 g/mol. The van der Waals surface area contributed by atoms with Crippen molar-refractivity contribution in [1.82, 2.24) is 4.98 Å². The van der Waals surface area contributed by atoms with Crippen LogP contribution in [0.2, 0.25) is 0 Å². The zero-order valence-electron chi connectivity index (χ0n) is 11.1. The molecule has 0 saturated carbocycles. The SMILES string of the molecule is COc1ccc(C(C#N)c2cc3ccccc3[nH]2)cc1. The van der Waals surface area contributed by atoms with E-state index in [1.54, 1.807) is 7.11 Å². The highest BCUT2D eigenvalue weighted by molar-refractivity contribution is 5.80. The van der Waals surface area contributed by atoms with Crippen LogP contribution < -0.4 is 4.74 Å². The highest BCUT2D eigenvalue weighted by Crippen LogP contribution is 2.27. The van der Waals surface area contributed by atoms with Crippen molar-refractivity contribution in [3.8, 4) is 11.8 Å². The van der Waals surface area contributed by atoms with Gasteiger partial charge in [-0.15, -0.1) is 0 Å². The van der Waals surface area contributed by atoms with E-state index in [4.69, 9.17) is 4.74 Å². The zero-order chi connectivity index (χ0) is 13.9. The molecular formula is C17H14N2O. The van der Waals surface area contributed by atoms with Gasteiger partial charge in [-0.3, -0.25) is 0 Å². The highest BCUT2D eigenvalue weighted by atomic mass is 16.5. The first-order valence-electron chi connectivity index (χ1n) is 6.43. The Balaban J connectivity index is 2.02. The van der Waals surface area contributed by atoms with Crippen LogP contribution in [0.1, 0.15) is 17.2 Å². The molecule has 0 bridgehead atoms. The summed E-state index contributed by atoms with van der Waals surface area (Å²) in [7, 11) is 1.63. The summed E-state index contributed by atoms with van der Waals surface area (Å²) in [5.74, 6) is 0.496. The monoisotopic (exact) mass is 262 g/mol. The third-order valence-electron chi connectivity index (χ3n) is 3.44. The molecule has 0 radical (unpaired) electrons. The van der Waals surface area contributed by atoms with E-state index < -0.39 is 0 Å². The summed E-state index contributed by atoms with van der Waals surface area (Å²) in [4.78, 5) is 3.32. The Kier molecular flexibility index (Phi) is 3.14. The molecule has 1 heterocycles. The van der Waals surface area contributed by atoms with Crippen LogP contribution in [0.3, 0.4) is 0 Å². The molecule has 3 heteroatoms. The van der Waals surface area contributed by atoms with Crippen molar-refractivity contribution in [2.45, 2.75) is 5.92 Å².